The number of hydrogen-bond acceptors (Lipinski definition) is 4. The summed E-state index contributed by atoms with van der Waals surface area (Å²) in [5.74, 6) is 1.11. The van der Waals surface area contributed by atoms with Gasteiger partial charge in [0, 0.05) is 23.6 Å². The zero-order valence-corrected chi connectivity index (χ0v) is 20.2. The maximum atomic E-state index is 12.1. The van der Waals surface area contributed by atoms with Crippen molar-refractivity contribution in [3.63, 3.8) is 0 Å². The van der Waals surface area contributed by atoms with Gasteiger partial charge in [-0.05, 0) is 66.7 Å². The Morgan fingerprint density at radius 3 is 2.39 bits per heavy atom. The zero-order chi connectivity index (χ0) is 23.5. The molecule has 0 aromatic heterocycles. The van der Waals surface area contributed by atoms with Crippen LogP contribution in [0.4, 0.5) is 5.69 Å². The van der Waals surface area contributed by atoms with E-state index < -0.39 is 0 Å². The lowest BCUT2D eigenvalue weighted by atomic mass is 10.2. The fourth-order valence-corrected chi connectivity index (χ4v) is 3.62. The van der Waals surface area contributed by atoms with Gasteiger partial charge in [0.1, 0.15) is 11.5 Å². The Hall–Kier alpha value is -2.80. The zero-order valence-electron chi connectivity index (χ0n) is 17.9. The second-order valence-corrected chi connectivity index (χ2v) is 8.39. The molecule has 3 aromatic rings. The van der Waals surface area contributed by atoms with Crippen molar-refractivity contribution in [3.05, 3.63) is 88.4 Å². The number of amides is 1. The highest BCUT2D eigenvalue weighted by atomic mass is 35.5. The van der Waals surface area contributed by atoms with Crippen LogP contribution in [-0.4, -0.2) is 24.2 Å². The number of carbonyl (C=O) groups excluding carboxylic acids is 1. The van der Waals surface area contributed by atoms with Crippen LogP contribution in [0.2, 0.25) is 10.0 Å². The highest BCUT2D eigenvalue weighted by Gasteiger charge is 2.07. The molecule has 0 saturated heterocycles. The van der Waals surface area contributed by atoms with Crippen LogP contribution >= 0.6 is 35.4 Å². The van der Waals surface area contributed by atoms with Crippen LogP contribution < -0.4 is 20.1 Å². The van der Waals surface area contributed by atoms with Crippen LogP contribution in [-0.2, 0) is 11.2 Å². The Labute approximate surface area is 209 Å². The quantitative estimate of drug-likeness (QED) is 0.252. The van der Waals surface area contributed by atoms with E-state index in [4.69, 9.17) is 44.9 Å². The molecule has 0 unspecified atom stereocenters. The minimum Gasteiger partial charge on any atom is -0.493 e. The van der Waals surface area contributed by atoms with Crippen LogP contribution in [0, 0.1) is 0 Å². The molecule has 2 N–H and O–H groups in total. The van der Waals surface area contributed by atoms with E-state index in [0.29, 0.717) is 35.4 Å². The fraction of sp³-hybridized carbons (Fsp3) is 0.200. The molecular formula is C25H24Cl2N2O3S. The molecular weight excluding hydrogens is 479 g/mol. The number of carbonyl (C=O) groups is 1. The van der Waals surface area contributed by atoms with Crippen molar-refractivity contribution in [1.82, 2.24) is 5.32 Å². The fourth-order valence-electron chi connectivity index (χ4n) is 2.92. The maximum absolute atomic E-state index is 12.1. The average molecular weight is 503 g/mol. The standard InChI is InChI=1S/C25H24Cl2N2O3S/c26-19-8-13-23(22(27)17-19)32-15-4-7-24(30)29-25(33)28-20-9-11-21(12-10-20)31-16-14-18-5-2-1-3-6-18/h1-3,5-6,8-13,17H,4,7,14-16H2,(H2,28,29,30,33). The van der Waals surface area contributed by atoms with Crippen LogP contribution in [0.3, 0.4) is 0 Å². The number of anilines is 1. The molecule has 0 saturated carbocycles. The molecule has 0 fully saturated rings. The van der Waals surface area contributed by atoms with Gasteiger partial charge in [0.2, 0.25) is 5.91 Å². The normalized spacial score (nSPS) is 10.4. The van der Waals surface area contributed by atoms with Gasteiger partial charge in [-0.2, -0.15) is 0 Å². The van der Waals surface area contributed by atoms with E-state index in [0.717, 1.165) is 17.9 Å². The predicted molar refractivity (Wildman–Crippen MR) is 138 cm³/mol. The van der Waals surface area contributed by atoms with Gasteiger partial charge in [-0.1, -0.05) is 53.5 Å². The van der Waals surface area contributed by atoms with Crippen molar-refractivity contribution in [1.29, 1.82) is 0 Å². The summed E-state index contributed by atoms with van der Waals surface area (Å²) in [6.07, 6.45) is 1.62. The summed E-state index contributed by atoms with van der Waals surface area (Å²) >= 11 is 17.1. The number of rotatable bonds is 10. The minimum atomic E-state index is -0.195. The molecule has 3 aromatic carbocycles. The summed E-state index contributed by atoms with van der Waals surface area (Å²) < 4.78 is 11.4. The van der Waals surface area contributed by atoms with E-state index in [1.165, 1.54) is 5.56 Å². The number of nitrogens with one attached hydrogen (secondary N) is 2. The van der Waals surface area contributed by atoms with Gasteiger partial charge in [0.05, 0.1) is 18.2 Å². The molecule has 0 radical (unpaired) electrons. The Kier molecular flexibility index (Phi) is 9.81. The molecule has 8 heteroatoms. The average Bonchev–Trinajstić information content (AvgIpc) is 2.80. The SMILES string of the molecule is O=C(CCCOc1ccc(Cl)cc1Cl)NC(=S)Nc1ccc(OCCc2ccccc2)cc1. The highest BCUT2D eigenvalue weighted by molar-refractivity contribution is 7.80. The van der Waals surface area contributed by atoms with Crippen molar-refractivity contribution < 1.29 is 14.3 Å². The number of thiocarbonyl (C=S) groups is 1. The highest BCUT2D eigenvalue weighted by Crippen LogP contribution is 2.27. The van der Waals surface area contributed by atoms with E-state index in [1.807, 2.05) is 42.5 Å². The third kappa shape index (κ3) is 8.92. The summed E-state index contributed by atoms with van der Waals surface area (Å²) in [5.41, 5.74) is 1.99. The van der Waals surface area contributed by atoms with Crippen molar-refractivity contribution in [2.75, 3.05) is 18.5 Å². The van der Waals surface area contributed by atoms with Gasteiger partial charge in [-0.25, -0.2) is 0 Å². The monoisotopic (exact) mass is 502 g/mol. The minimum absolute atomic E-state index is 0.195. The van der Waals surface area contributed by atoms with Crippen molar-refractivity contribution >= 4 is 52.1 Å². The molecule has 0 aliphatic rings. The first-order valence-electron chi connectivity index (χ1n) is 10.4. The summed E-state index contributed by atoms with van der Waals surface area (Å²) in [4.78, 5) is 12.1. The molecule has 0 aliphatic carbocycles. The van der Waals surface area contributed by atoms with Crippen molar-refractivity contribution in [2.24, 2.45) is 0 Å². The third-order valence-corrected chi connectivity index (χ3v) is 5.30. The lowest BCUT2D eigenvalue weighted by Crippen LogP contribution is -2.34. The Bertz CT molecular complexity index is 1060. The first-order chi connectivity index (χ1) is 16.0. The first-order valence-corrected chi connectivity index (χ1v) is 11.6. The molecule has 33 heavy (non-hydrogen) atoms. The largest absolute Gasteiger partial charge is 0.493 e. The van der Waals surface area contributed by atoms with E-state index >= 15 is 0 Å². The first kappa shape index (κ1) is 24.8. The Balaban J connectivity index is 1.32. The predicted octanol–water partition coefficient (Wildman–Crippen LogP) is 6.29. The molecule has 0 spiro atoms. The van der Waals surface area contributed by atoms with E-state index in [9.17, 15) is 4.79 Å². The lowest BCUT2D eigenvalue weighted by Gasteiger charge is -2.11. The summed E-state index contributed by atoms with van der Waals surface area (Å²) in [6.45, 7) is 0.944. The van der Waals surface area contributed by atoms with E-state index in [1.54, 1.807) is 18.2 Å². The smallest absolute Gasteiger partial charge is 0.226 e. The van der Waals surface area contributed by atoms with Gasteiger partial charge < -0.3 is 20.1 Å². The van der Waals surface area contributed by atoms with Gasteiger partial charge in [0.25, 0.3) is 0 Å². The summed E-state index contributed by atoms with van der Waals surface area (Å²) in [7, 11) is 0. The van der Waals surface area contributed by atoms with Gasteiger partial charge in [-0.3, -0.25) is 4.79 Å². The van der Waals surface area contributed by atoms with Gasteiger partial charge in [0.15, 0.2) is 5.11 Å². The molecule has 1 amide bonds. The summed E-state index contributed by atoms with van der Waals surface area (Å²) in [5, 5.41) is 6.87. The molecule has 0 bridgehead atoms. The lowest BCUT2D eigenvalue weighted by molar-refractivity contribution is -0.119. The second-order valence-electron chi connectivity index (χ2n) is 7.14. The molecule has 5 nitrogen and oxygen atoms in total. The second kappa shape index (κ2) is 13.0. The number of hydrogen-bond donors (Lipinski definition) is 2. The number of halogens is 2. The maximum Gasteiger partial charge on any atom is 0.226 e. The van der Waals surface area contributed by atoms with Crippen molar-refractivity contribution in [2.45, 2.75) is 19.3 Å². The van der Waals surface area contributed by atoms with E-state index in [-0.39, 0.29) is 17.4 Å². The molecule has 0 aliphatic heterocycles. The number of benzene rings is 3. The molecule has 0 atom stereocenters. The molecule has 3 rings (SSSR count). The van der Waals surface area contributed by atoms with Crippen LogP contribution in [0.1, 0.15) is 18.4 Å². The number of ether oxygens (including phenoxy) is 2. The molecule has 0 heterocycles. The summed E-state index contributed by atoms with van der Waals surface area (Å²) in [6, 6.07) is 22.6. The van der Waals surface area contributed by atoms with Crippen LogP contribution in [0.25, 0.3) is 0 Å². The van der Waals surface area contributed by atoms with Crippen LogP contribution in [0.15, 0.2) is 72.8 Å². The van der Waals surface area contributed by atoms with E-state index in [2.05, 4.69) is 22.8 Å². The van der Waals surface area contributed by atoms with Gasteiger partial charge >= 0.3 is 0 Å². The molecule has 172 valence electrons. The topological polar surface area (TPSA) is 59.6 Å². The Morgan fingerprint density at radius 2 is 1.67 bits per heavy atom. The van der Waals surface area contributed by atoms with Crippen molar-refractivity contribution in [3.8, 4) is 11.5 Å². The van der Waals surface area contributed by atoms with Gasteiger partial charge in [-0.15, -0.1) is 0 Å². The third-order valence-electron chi connectivity index (χ3n) is 4.57. The van der Waals surface area contributed by atoms with Crippen LogP contribution in [0.5, 0.6) is 11.5 Å². The Morgan fingerprint density at radius 1 is 0.909 bits per heavy atom.